The zero-order valence-electron chi connectivity index (χ0n) is 17.5. The molecule has 0 saturated heterocycles. The van der Waals surface area contributed by atoms with Gasteiger partial charge in [0.2, 0.25) is 5.95 Å². The van der Waals surface area contributed by atoms with Gasteiger partial charge in [-0.15, -0.1) is 0 Å². The Morgan fingerprint density at radius 2 is 1.84 bits per heavy atom. The van der Waals surface area contributed by atoms with Crippen molar-refractivity contribution in [1.29, 1.82) is 0 Å². The number of para-hydroxylation sites is 1. The van der Waals surface area contributed by atoms with Crippen LogP contribution in [0.15, 0.2) is 42.5 Å². The number of benzene rings is 2. The Labute approximate surface area is 179 Å². The third-order valence-electron chi connectivity index (χ3n) is 5.50. The molecule has 0 fully saturated rings. The number of amides is 2. The van der Waals surface area contributed by atoms with Crippen molar-refractivity contribution in [1.82, 2.24) is 14.9 Å². The van der Waals surface area contributed by atoms with Gasteiger partial charge in [0.1, 0.15) is 0 Å². The standard InChI is InChI=1S/C23H24N4O4/c1-14-7-3-4-12-24-20(28)15-8-5-9-16(13-15)21(29)26-23-25-18-11-6-10-17(22(30)31-2)19(18)27(14)23/h5-6,8-11,13-14H,3-4,7,12H2,1-2H3,(H,24,28)(H,25,26,29). The summed E-state index contributed by atoms with van der Waals surface area (Å²) in [6.07, 6.45) is 2.45. The number of hydrogen-bond acceptors (Lipinski definition) is 5. The first kappa shape index (κ1) is 20.6. The molecule has 4 rings (SSSR count). The number of carbonyl (C=O) groups is 3. The summed E-state index contributed by atoms with van der Waals surface area (Å²) in [6.45, 7) is 2.57. The zero-order chi connectivity index (χ0) is 22.0. The van der Waals surface area contributed by atoms with E-state index in [2.05, 4.69) is 15.6 Å². The predicted octanol–water partition coefficient (Wildman–Crippen LogP) is 3.55. The number of imidazole rings is 1. The van der Waals surface area contributed by atoms with Gasteiger partial charge in [-0.25, -0.2) is 9.78 Å². The molecule has 160 valence electrons. The Bertz CT molecular complexity index is 1170. The van der Waals surface area contributed by atoms with Crippen LogP contribution in [0.25, 0.3) is 11.0 Å². The van der Waals surface area contributed by atoms with Gasteiger partial charge in [-0.1, -0.05) is 12.1 Å². The number of hydrogen-bond donors (Lipinski definition) is 2. The summed E-state index contributed by atoms with van der Waals surface area (Å²) in [7, 11) is 1.34. The summed E-state index contributed by atoms with van der Waals surface area (Å²) in [5.41, 5.74) is 2.41. The maximum Gasteiger partial charge on any atom is 0.340 e. The van der Waals surface area contributed by atoms with Gasteiger partial charge in [0.25, 0.3) is 11.8 Å². The Hall–Kier alpha value is -3.68. The lowest BCUT2D eigenvalue weighted by molar-refractivity contribution is 0.0602. The molecule has 2 bridgehead atoms. The molecule has 0 aliphatic carbocycles. The zero-order valence-corrected chi connectivity index (χ0v) is 17.5. The fourth-order valence-corrected chi connectivity index (χ4v) is 3.91. The topological polar surface area (TPSA) is 102 Å². The molecule has 1 aromatic heterocycles. The van der Waals surface area contributed by atoms with Gasteiger partial charge >= 0.3 is 5.97 Å². The molecule has 2 N–H and O–H groups in total. The molecule has 0 spiro atoms. The van der Waals surface area contributed by atoms with E-state index in [1.54, 1.807) is 42.5 Å². The molecule has 1 aliphatic heterocycles. The highest BCUT2D eigenvalue weighted by molar-refractivity contribution is 6.07. The summed E-state index contributed by atoms with van der Waals surface area (Å²) in [4.78, 5) is 42.3. The summed E-state index contributed by atoms with van der Waals surface area (Å²) >= 11 is 0. The second-order valence-corrected chi connectivity index (χ2v) is 7.61. The van der Waals surface area contributed by atoms with Crippen LogP contribution in [0.5, 0.6) is 0 Å². The number of rotatable bonds is 1. The SMILES string of the molecule is COC(=O)c1cccc2nc3n(c12)C(C)CCCCNC(=O)c1cccc(c1)C(=O)N3. The minimum Gasteiger partial charge on any atom is -0.465 e. The van der Waals surface area contributed by atoms with Crippen LogP contribution in [0.2, 0.25) is 0 Å². The number of fused-ring (bicyclic) bond motifs is 5. The minimum absolute atomic E-state index is 0.0453. The van der Waals surface area contributed by atoms with Gasteiger partial charge in [0, 0.05) is 23.7 Å². The normalized spacial score (nSPS) is 17.3. The Morgan fingerprint density at radius 1 is 1.10 bits per heavy atom. The highest BCUT2D eigenvalue weighted by Gasteiger charge is 2.23. The number of anilines is 1. The molecule has 3 aromatic rings. The van der Waals surface area contributed by atoms with Crippen molar-refractivity contribution in [3.05, 3.63) is 59.2 Å². The quantitative estimate of drug-likeness (QED) is 0.586. The predicted molar refractivity (Wildman–Crippen MR) is 116 cm³/mol. The summed E-state index contributed by atoms with van der Waals surface area (Å²) in [6, 6.07) is 11.8. The highest BCUT2D eigenvalue weighted by Crippen LogP contribution is 2.30. The highest BCUT2D eigenvalue weighted by atomic mass is 16.5. The molecular weight excluding hydrogens is 396 g/mol. The van der Waals surface area contributed by atoms with Crippen LogP contribution in [0.1, 0.15) is 63.3 Å². The van der Waals surface area contributed by atoms with E-state index in [0.717, 1.165) is 19.3 Å². The van der Waals surface area contributed by atoms with Gasteiger partial charge in [-0.3, -0.25) is 14.9 Å². The number of nitrogens with zero attached hydrogens (tertiary/aromatic N) is 2. The Balaban J connectivity index is 1.85. The number of esters is 1. The van der Waals surface area contributed by atoms with E-state index in [0.29, 0.717) is 40.2 Å². The molecule has 2 heterocycles. The van der Waals surface area contributed by atoms with Crippen molar-refractivity contribution < 1.29 is 19.1 Å². The molecule has 1 aliphatic rings. The van der Waals surface area contributed by atoms with E-state index < -0.39 is 5.97 Å². The first-order chi connectivity index (χ1) is 15.0. The number of nitrogens with one attached hydrogen (secondary N) is 2. The van der Waals surface area contributed by atoms with Crippen LogP contribution < -0.4 is 10.6 Å². The van der Waals surface area contributed by atoms with E-state index in [1.165, 1.54) is 7.11 Å². The average Bonchev–Trinajstić information content (AvgIpc) is 3.15. The van der Waals surface area contributed by atoms with E-state index in [9.17, 15) is 14.4 Å². The monoisotopic (exact) mass is 420 g/mol. The number of ether oxygens (including phenoxy) is 1. The van der Waals surface area contributed by atoms with Crippen LogP contribution in [0.3, 0.4) is 0 Å². The van der Waals surface area contributed by atoms with Crippen molar-refractivity contribution in [2.75, 3.05) is 19.0 Å². The molecule has 0 radical (unpaired) electrons. The van der Waals surface area contributed by atoms with Crippen LogP contribution in [-0.4, -0.2) is 41.0 Å². The van der Waals surface area contributed by atoms with Crippen LogP contribution >= 0.6 is 0 Å². The van der Waals surface area contributed by atoms with Gasteiger partial charge < -0.3 is 14.6 Å². The van der Waals surface area contributed by atoms with Crippen molar-refractivity contribution in [2.24, 2.45) is 0 Å². The first-order valence-corrected chi connectivity index (χ1v) is 10.3. The minimum atomic E-state index is -0.457. The van der Waals surface area contributed by atoms with Gasteiger partial charge in [0.15, 0.2) is 0 Å². The first-order valence-electron chi connectivity index (χ1n) is 10.3. The second-order valence-electron chi connectivity index (χ2n) is 7.61. The summed E-state index contributed by atoms with van der Waals surface area (Å²) < 4.78 is 6.86. The summed E-state index contributed by atoms with van der Waals surface area (Å²) in [5.74, 6) is -0.679. The molecular formula is C23H24N4O4. The van der Waals surface area contributed by atoms with Gasteiger partial charge in [-0.2, -0.15) is 0 Å². The molecule has 2 aromatic carbocycles. The lowest BCUT2D eigenvalue weighted by Crippen LogP contribution is -2.25. The van der Waals surface area contributed by atoms with Crippen LogP contribution in [0.4, 0.5) is 5.95 Å². The van der Waals surface area contributed by atoms with Crippen LogP contribution in [0, 0.1) is 0 Å². The van der Waals surface area contributed by atoms with E-state index in [1.807, 2.05) is 11.5 Å². The van der Waals surface area contributed by atoms with Crippen LogP contribution in [-0.2, 0) is 4.74 Å². The molecule has 2 amide bonds. The third-order valence-corrected chi connectivity index (χ3v) is 5.50. The fourth-order valence-electron chi connectivity index (χ4n) is 3.91. The number of aromatic nitrogens is 2. The summed E-state index contributed by atoms with van der Waals surface area (Å²) in [5, 5.41) is 5.77. The molecule has 8 heteroatoms. The lowest BCUT2D eigenvalue weighted by atomic mass is 10.1. The maximum absolute atomic E-state index is 13.0. The van der Waals surface area contributed by atoms with Gasteiger partial charge in [0.05, 0.1) is 23.7 Å². The number of carbonyl (C=O) groups excluding carboxylic acids is 3. The molecule has 0 saturated carbocycles. The van der Waals surface area contributed by atoms with E-state index in [4.69, 9.17) is 4.74 Å². The van der Waals surface area contributed by atoms with Crippen molar-refractivity contribution >= 4 is 34.8 Å². The molecule has 8 nitrogen and oxygen atoms in total. The maximum atomic E-state index is 13.0. The van der Waals surface area contributed by atoms with Crippen molar-refractivity contribution in [3.63, 3.8) is 0 Å². The van der Waals surface area contributed by atoms with Gasteiger partial charge in [-0.05, 0) is 56.5 Å². The van der Waals surface area contributed by atoms with E-state index in [-0.39, 0.29) is 17.9 Å². The van der Waals surface area contributed by atoms with E-state index >= 15 is 0 Å². The molecule has 31 heavy (non-hydrogen) atoms. The average molecular weight is 420 g/mol. The lowest BCUT2D eigenvalue weighted by Gasteiger charge is -2.19. The van der Waals surface area contributed by atoms with Crippen molar-refractivity contribution in [2.45, 2.75) is 32.2 Å². The largest absolute Gasteiger partial charge is 0.465 e. The Kier molecular flexibility index (Phi) is 5.70. The third kappa shape index (κ3) is 4.01. The number of methoxy groups -OCH3 is 1. The second kappa shape index (κ2) is 8.59. The van der Waals surface area contributed by atoms with Crippen molar-refractivity contribution in [3.8, 4) is 0 Å². The fraction of sp³-hybridized carbons (Fsp3) is 0.304. The molecule has 1 unspecified atom stereocenters. The Morgan fingerprint density at radius 3 is 2.61 bits per heavy atom. The smallest absolute Gasteiger partial charge is 0.340 e. The molecule has 1 atom stereocenters.